The summed E-state index contributed by atoms with van der Waals surface area (Å²) in [6, 6.07) is 64.1. The van der Waals surface area contributed by atoms with Gasteiger partial charge in [-0.05, 0) is 68.4 Å². The van der Waals surface area contributed by atoms with E-state index in [4.69, 9.17) is 15.0 Å². The maximum absolute atomic E-state index is 5.22. The highest BCUT2D eigenvalue weighted by Gasteiger charge is 2.21. The van der Waals surface area contributed by atoms with Crippen LogP contribution in [0.5, 0.6) is 0 Å². The molecule has 0 saturated carbocycles. The summed E-state index contributed by atoms with van der Waals surface area (Å²) in [5.74, 6) is 0.658. The number of hydrogen-bond donors (Lipinski definition) is 0. The average Bonchev–Trinajstić information content (AvgIpc) is 3.83. The third kappa shape index (κ3) is 6.01. The van der Waals surface area contributed by atoms with Gasteiger partial charge in [-0.15, -0.1) is 0 Å². The largest absolute Gasteiger partial charge is 0.307 e. The maximum atomic E-state index is 5.22. The lowest BCUT2D eigenvalue weighted by molar-refractivity contribution is 1.14. The Morgan fingerprint density at radius 2 is 0.948 bits per heavy atom. The molecule has 0 fully saturated rings. The van der Waals surface area contributed by atoms with Crippen molar-refractivity contribution in [1.82, 2.24) is 24.1 Å². The first-order valence-electron chi connectivity index (χ1n) is 19.7. The molecule has 7 aromatic carbocycles. The fourth-order valence-corrected chi connectivity index (χ4v) is 8.09. The van der Waals surface area contributed by atoms with Crippen molar-refractivity contribution in [2.24, 2.45) is 0 Å². The van der Waals surface area contributed by atoms with Gasteiger partial charge in [0.2, 0.25) is 0 Å². The molecular weight excluding hydrogens is 707 g/mol. The van der Waals surface area contributed by atoms with E-state index >= 15 is 0 Å². The molecule has 276 valence electrons. The lowest BCUT2D eigenvalue weighted by atomic mass is 10.1. The quantitative estimate of drug-likeness (QED) is 0.165. The van der Waals surface area contributed by atoms with Gasteiger partial charge in [0, 0.05) is 61.2 Å². The van der Waals surface area contributed by atoms with Crippen molar-refractivity contribution in [2.45, 2.75) is 13.8 Å². The molecule has 0 N–H and O–H groups in total. The fraction of sp³-hybridized carbons (Fsp3) is 0.0377. The topological polar surface area (TPSA) is 48.5 Å². The maximum Gasteiger partial charge on any atom is 0.160 e. The first-order valence-corrected chi connectivity index (χ1v) is 19.7. The molecule has 5 nitrogen and oxygen atoms in total. The van der Waals surface area contributed by atoms with Crippen molar-refractivity contribution in [3.05, 3.63) is 200 Å². The highest BCUT2D eigenvalue weighted by atomic mass is 15.0. The van der Waals surface area contributed by atoms with Crippen molar-refractivity contribution in [1.29, 1.82) is 0 Å². The van der Waals surface area contributed by atoms with Gasteiger partial charge in [0.25, 0.3) is 0 Å². The second-order valence-corrected chi connectivity index (χ2v) is 14.4. The highest BCUT2D eigenvalue weighted by molar-refractivity contribution is 6.23. The van der Waals surface area contributed by atoms with E-state index in [1.165, 1.54) is 32.6 Å². The third-order valence-electron chi connectivity index (χ3n) is 10.9. The minimum atomic E-state index is 0.658. The summed E-state index contributed by atoms with van der Waals surface area (Å²) in [6.07, 6.45) is 5.91. The van der Waals surface area contributed by atoms with Crippen molar-refractivity contribution >= 4 is 54.5 Å². The molecule has 0 unspecified atom stereocenters. The Balaban J connectivity index is 0.000000978. The number of fused-ring (bicyclic) bond motifs is 8. The standard InChI is InChI=1S/C49H31N5.C4H8/c1-3-14-32(15-4-1)43-30-44(35-28-33-16-7-10-23-42(33)50-31-35)52-49(51-43)34-17-13-20-37(29-34)54-46-25-12-9-22-39(46)41-27-26-40-38-21-8-11-24-45(38)53(47(40)48(41)54)36-18-5-2-6-19-36;1-3-4-2/h1-31H;3-4H,1-2H3/b;4-3-. The van der Waals surface area contributed by atoms with Crippen molar-refractivity contribution < 1.29 is 0 Å². The Morgan fingerprint density at radius 1 is 0.414 bits per heavy atom. The molecule has 0 atom stereocenters. The van der Waals surface area contributed by atoms with E-state index in [-0.39, 0.29) is 0 Å². The predicted octanol–water partition coefficient (Wildman–Crippen LogP) is 13.8. The Kier molecular flexibility index (Phi) is 8.88. The molecule has 4 heterocycles. The van der Waals surface area contributed by atoms with Crippen molar-refractivity contribution in [2.75, 3.05) is 0 Å². The SMILES string of the molecule is C/C=C\C.c1ccc(-c2cc(-c3cnc4ccccc4c3)nc(-c3cccc(-n4c5ccccc5c5ccc6c7ccccc7n(-c7ccccc7)c6c54)c3)n2)cc1. The zero-order valence-corrected chi connectivity index (χ0v) is 32.3. The molecule has 11 rings (SSSR count). The van der Waals surface area contributed by atoms with E-state index in [1.54, 1.807) is 0 Å². The Labute approximate surface area is 336 Å². The van der Waals surface area contributed by atoms with Crippen LogP contribution >= 0.6 is 0 Å². The van der Waals surface area contributed by atoms with Gasteiger partial charge >= 0.3 is 0 Å². The van der Waals surface area contributed by atoms with Crippen LogP contribution in [0.1, 0.15) is 13.8 Å². The molecule has 0 aliphatic carbocycles. The minimum absolute atomic E-state index is 0.658. The van der Waals surface area contributed by atoms with E-state index in [0.29, 0.717) is 5.82 Å². The summed E-state index contributed by atoms with van der Waals surface area (Å²) in [5.41, 5.74) is 12.4. The number of rotatable bonds is 5. The van der Waals surface area contributed by atoms with Gasteiger partial charge in [-0.2, -0.15) is 0 Å². The van der Waals surface area contributed by atoms with Crippen LogP contribution in [0, 0.1) is 0 Å². The van der Waals surface area contributed by atoms with Crippen LogP contribution in [0.15, 0.2) is 200 Å². The number of para-hydroxylation sites is 4. The zero-order chi connectivity index (χ0) is 39.0. The molecule has 0 bridgehead atoms. The van der Waals surface area contributed by atoms with E-state index in [0.717, 1.165) is 61.4 Å². The Morgan fingerprint density at radius 3 is 1.62 bits per heavy atom. The van der Waals surface area contributed by atoms with Crippen molar-refractivity contribution in [3.63, 3.8) is 0 Å². The van der Waals surface area contributed by atoms with Crippen LogP contribution in [-0.2, 0) is 0 Å². The second kappa shape index (κ2) is 14.8. The number of benzene rings is 7. The normalized spacial score (nSPS) is 11.6. The van der Waals surface area contributed by atoms with Gasteiger partial charge in [0.1, 0.15) is 0 Å². The first kappa shape index (κ1) is 34.8. The van der Waals surface area contributed by atoms with Crippen LogP contribution < -0.4 is 0 Å². The van der Waals surface area contributed by atoms with Gasteiger partial charge in [-0.3, -0.25) is 4.98 Å². The molecule has 0 spiro atoms. The molecule has 11 aromatic rings. The van der Waals surface area contributed by atoms with Gasteiger partial charge in [0.15, 0.2) is 5.82 Å². The number of pyridine rings is 1. The van der Waals surface area contributed by atoms with E-state index in [9.17, 15) is 0 Å². The Hall–Kier alpha value is -7.63. The van der Waals surface area contributed by atoms with Gasteiger partial charge in [-0.1, -0.05) is 140 Å². The summed E-state index contributed by atoms with van der Waals surface area (Å²) in [6.45, 7) is 4.00. The smallest absolute Gasteiger partial charge is 0.160 e. The predicted molar refractivity (Wildman–Crippen MR) is 243 cm³/mol. The third-order valence-corrected chi connectivity index (χ3v) is 10.9. The molecule has 0 aliphatic heterocycles. The van der Waals surface area contributed by atoms with Crippen LogP contribution in [0.4, 0.5) is 0 Å². The van der Waals surface area contributed by atoms with E-state index in [1.807, 2.05) is 68.6 Å². The molecule has 0 radical (unpaired) electrons. The van der Waals surface area contributed by atoms with Gasteiger partial charge in [-0.25, -0.2) is 9.97 Å². The van der Waals surface area contributed by atoms with E-state index in [2.05, 4.69) is 155 Å². The average molecular weight is 746 g/mol. The van der Waals surface area contributed by atoms with E-state index < -0.39 is 0 Å². The summed E-state index contributed by atoms with van der Waals surface area (Å²) in [7, 11) is 0. The lowest BCUT2D eigenvalue weighted by Gasteiger charge is -2.14. The molecular formula is C53H39N5. The number of hydrogen-bond acceptors (Lipinski definition) is 3. The molecule has 0 aliphatic rings. The summed E-state index contributed by atoms with van der Waals surface area (Å²) >= 11 is 0. The highest BCUT2D eigenvalue weighted by Crippen LogP contribution is 2.42. The second-order valence-electron chi connectivity index (χ2n) is 14.4. The first-order chi connectivity index (χ1) is 28.7. The molecule has 58 heavy (non-hydrogen) atoms. The number of nitrogens with zero attached hydrogens (tertiary/aromatic N) is 5. The minimum Gasteiger partial charge on any atom is -0.307 e. The van der Waals surface area contributed by atoms with Gasteiger partial charge in [0.05, 0.1) is 39.0 Å². The van der Waals surface area contributed by atoms with Gasteiger partial charge < -0.3 is 9.13 Å². The van der Waals surface area contributed by atoms with Crippen LogP contribution in [0.25, 0.3) is 99.8 Å². The molecule has 0 saturated heterocycles. The van der Waals surface area contributed by atoms with Crippen LogP contribution in [0.3, 0.4) is 0 Å². The summed E-state index contributed by atoms with van der Waals surface area (Å²) < 4.78 is 4.84. The lowest BCUT2D eigenvalue weighted by Crippen LogP contribution is -2.00. The fourth-order valence-electron chi connectivity index (χ4n) is 8.09. The monoisotopic (exact) mass is 745 g/mol. The van der Waals surface area contributed by atoms with Crippen LogP contribution in [0.2, 0.25) is 0 Å². The number of allylic oxidation sites excluding steroid dienone is 2. The summed E-state index contributed by atoms with van der Waals surface area (Å²) in [5, 5.41) is 5.93. The van der Waals surface area contributed by atoms with Crippen molar-refractivity contribution in [3.8, 4) is 45.3 Å². The molecule has 4 aromatic heterocycles. The summed E-state index contributed by atoms with van der Waals surface area (Å²) in [4.78, 5) is 15.2. The molecule has 5 heteroatoms. The molecule has 0 amide bonds. The Bertz CT molecular complexity index is 3300. The zero-order valence-electron chi connectivity index (χ0n) is 32.3. The number of aromatic nitrogens is 5. The van der Waals surface area contributed by atoms with Crippen LogP contribution in [-0.4, -0.2) is 24.1 Å².